The van der Waals surface area contributed by atoms with Gasteiger partial charge in [0.2, 0.25) is 5.91 Å². The summed E-state index contributed by atoms with van der Waals surface area (Å²) in [5, 5.41) is 11.3. The summed E-state index contributed by atoms with van der Waals surface area (Å²) in [4.78, 5) is 12.3. The minimum atomic E-state index is -2.64. The Morgan fingerprint density at radius 1 is 1.40 bits per heavy atom. The van der Waals surface area contributed by atoms with Gasteiger partial charge in [-0.3, -0.25) is 14.2 Å². The van der Waals surface area contributed by atoms with Crippen molar-refractivity contribution in [3.63, 3.8) is 0 Å². The molecule has 0 bridgehead atoms. The Hall–Kier alpha value is -2.25. The molecule has 0 radical (unpaired) electrons. The molecule has 1 aliphatic carbocycles. The normalized spacial score (nSPS) is 15.6. The number of carbonyl (C=O) groups excluding carboxylic acids is 1. The van der Waals surface area contributed by atoms with Crippen LogP contribution >= 0.6 is 0 Å². The van der Waals surface area contributed by atoms with Crippen molar-refractivity contribution < 1.29 is 13.6 Å². The lowest BCUT2D eigenvalue weighted by Crippen LogP contribution is -2.31. The summed E-state index contributed by atoms with van der Waals surface area (Å²) in [6.07, 6.45) is 1.04. The predicted molar refractivity (Wildman–Crippen MR) is 88.4 cm³/mol. The van der Waals surface area contributed by atoms with Gasteiger partial charge in [0.1, 0.15) is 12.2 Å². The van der Waals surface area contributed by atoms with Crippen LogP contribution in [0.4, 0.5) is 8.78 Å². The van der Waals surface area contributed by atoms with Crippen LogP contribution in [-0.4, -0.2) is 25.5 Å². The molecule has 1 saturated carbocycles. The summed E-state index contributed by atoms with van der Waals surface area (Å²) in [6, 6.07) is 1.18. The van der Waals surface area contributed by atoms with Crippen LogP contribution in [0.15, 0.2) is 12.3 Å². The Bertz CT molecular complexity index is 763. The van der Waals surface area contributed by atoms with E-state index in [2.05, 4.69) is 15.5 Å². The standard InChI is InChI=1S/C17H23F2N5O/c1-4-23-11(3)13(8-20-23)10(2)21-16(25)9-24-15(17(18)19)7-14(22-24)12-5-6-12/h7-8,10,12,17H,4-6,9H2,1-3H3,(H,21,25). The van der Waals surface area contributed by atoms with Crippen LogP contribution in [-0.2, 0) is 17.9 Å². The number of hydrogen-bond acceptors (Lipinski definition) is 3. The molecule has 2 heterocycles. The van der Waals surface area contributed by atoms with E-state index in [1.807, 2.05) is 25.5 Å². The molecule has 1 unspecified atom stereocenters. The number of alkyl halides is 2. The van der Waals surface area contributed by atoms with E-state index in [0.717, 1.165) is 35.3 Å². The number of hydrogen-bond donors (Lipinski definition) is 1. The Kier molecular flexibility index (Phi) is 4.87. The molecule has 136 valence electrons. The molecule has 8 heteroatoms. The number of aromatic nitrogens is 4. The first-order chi connectivity index (χ1) is 11.9. The molecule has 6 nitrogen and oxygen atoms in total. The zero-order valence-electron chi connectivity index (χ0n) is 14.7. The van der Waals surface area contributed by atoms with Crippen LogP contribution in [0.5, 0.6) is 0 Å². The van der Waals surface area contributed by atoms with Gasteiger partial charge in [-0.15, -0.1) is 0 Å². The smallest absolute Gasteiger partial charge is 0.280 e. The monoisotopic (exact) mass is 351 g/mol. The van der Waals surface area contributed by atoms with Crippen LogP contribution < -0.4 is 5.32 Å². The van der Waals surface area contributed by atoms with Crippen molar-refractivity contribution in [3.8, 4) is 0 Å². The van der Waals surface area contributed by atoms with Gasteiger partial charge in [-0.05, 0) is 39.7 Å². The first-order valence-corrected chi connectivity index (χ1v) is 8.58. The van der Waals surface area contributed by atoms with Crippen molar-refractivity contribution in [1.29, 1.82) is 0 Å². The first kappa shape index (κ1) is 17.6. The summed E-state index contributed by atoms with van der Waals surface area (Å²) in [5.41, 5.74) is 2.37. The molecule has 1 aliphatic rings. The van der Waals surface area contributed by atoms with Gasteiger partial charge in [0.15, 0.2) is 0 Å². The average molecular weight is 351 g/mol. The summed E-state index contributed by atoms with van der Waals surface area (Å²) in [6.45, 7) is 6.33. The summed E-state index contributed by atoms with van der Waals surface area (Å²) in [7, 11) is 0. The van der Waals surface area contributed by atoms with Gasteiger partial charge in [0, 0.05) is 23.7 Å². The van der Waals surface area contributed by atoms with E-state index in [4.69, 9.17) is 0 Å². The molecule has 2 aromatic rings. The summed E-state index contributed by atoms with van der Waals surface area (Å²) >= 11 is 0. The number of amides is 1. The highest BCUT2D eigenvalue weighted by atomic mass is 19.3. The van der Waals surface area contributed by atoms with Crippen molar-refractivity contribution in [2.45, 2.75) is 65.1 Å². The highest BCUT2D eigenvalue weighted by Gasteiger charge is 2.29. The van der Waals surface area contributed by atoms with Gasteiger partial charge in [-0.25, -0.2) is 8.78 Å². The van der Waals surface area contributed by atoms with Crippen molar-refractivity contribution in [2.75, 3.05) is 0 Å². The fourth-order valence-electron chi connectivity index (χ4n) is 3.04. The maximum absolute atomic E-state index is 13.2. The van der Waals surface area contributed by atoms with E-state index in [9.17, 15) is 13.6 Å². The quantitative estimate of drug-likeness (QED) is 0.834. The maximum atomic E-state index is 13.2. The predicted octanol–water partition coefficient (Wildman–Crippen LogP) is 3.10. The molecular weight excluding hydrogens is 328 g/mol. The van der Waals surface area contributed by atoms with Crippen LogP contribution in [0.1, 0.15) is 67.7 Å². The minimum absolute atomic E-state index is 0.195. The SMILES string of the molecule is CCn1ncc(C(C)NC(=O)Cn2nc(C3CC3)cc2C(F)F)c1C. The van der Waals surface area contributed by atoms with Crippen molar-refractivity contribution >= 4 is 5.91 Å². The van der Waals surface area contributed by atoms with Gasteiger partial charge < -0.3 is 5.32 Å². The van der Waals surface area contributed by atoms with Gasteiger partial charge in [0.25, 0.3) is 6.43 Å². The van der Waals surface area contributed by atoms with Crippen molar-refractivity contribution in [2.24, 2.45) is 0 Å². The van der Waals surface area contributed by atoms with E-state index >= 15 is 0 Å². The topological polar surface area (TPSA) is 64.7 Å². The molecule has 25 heavy (non-hydrogen) atoms. The Morgan fingerprint density at radius 3 is 2.68 bits per heavy atom. The lowest BCUT2D eigenvalue weighted by molar-refractivity contribution is -0.122. The molecule has 0 aromatic carbocycles. The Balaban J connectivity index is 1.68. The van der Waals surface area contributed by atoms with E-state index < -0.39 is 6.43 Å². The third-order valence-corrected chi connectivity index (χ3v) is 4.63. The van der Waals surface area contributed by atoms with E-state index in [-0.39, 0.29) is 30.1 Å². The maximum Gasteiger partial charge on any atom is 0.280 e. The molecule has 2 aromatic heterocycles. The van der Waals surface area contributed by atoms with Gasteiger partial charge in [0.05, 0.1) is 17.9 Å². The van der Waals surface area contributed by atoms with Crippen LogP contribution in [0, 0.1) is 6.92 Å². The van der Waals surface area contributed by atoms with E-state index in [0.29, 0.717) is 5.69 Å². The second kappa shape index (κ2) is 6.93. The highest BCUT2D eigenvalue weighted by molar-refractivity contribution is 5.76. The summed E-state index contributed by atoms with van der Waals surface area (Å²) < 4.78 is 29.4. The lowest BCUT2D eigenvalue weighted by atomic mass is 10.1. The van der Waals surface area contributed by atoms with E-state index in [1.165, 1.54) is 6.07 Å². The molecule has 0 spiro atoms. The molecule has 0 saturated heterocycles. The fourth-order valence-corrected chi connectivity index (χ4v) is 3.04. The highest BCUT2D eigenvalue weighted by Crippen LogP contribution is 2.40. The van der Waals surface area contributed by atoms with E-state index in [1.54, 1.807) is 6.20 Å². The Morgan fingerprint density at radius 2 is 2.12 bits per heavy atom. The van der Waals surface area contributed by atoms with Crippen molar-refractivity contribution in [1.82, 2.24) is 24.9 Å². The van der Waals surface area contributed by atoms with Gasteiger partial charge >= 0.3 is 0 Å². The zero-order chi connectivity index (χ0) is 18.1. The third-order valence-electron chi connectivity index (χ3n) is 4.63. The average Bonchev–Trinajstić information content (AvgIpc) is 3.21. The summed E-state index contributed by atoms with van der Waals surface area (Å²) in [5.74, 6) is -0.0771. The van der Waals surface area contributed by atoms with Gasteiger partial charge in [-0.2, -0.15) is 10.2 Å². The number of nitrogens with one attached hydrogen (secondary N) is 1. The second-order valence-corrected chi connectivity index (χ2v) is 6.52. The van der Waals surface area contributed by atoms with Crippen LogP contribution in [0.3, 0.4) is 0 Å². The number of nitrogens with zero attached hydrogens (tertiary/aromatic N) is 4. The molecule has 1 N–H and O–H groups in total. The molecule has 3 rings (SSSR count). The molecule has 1 fully saturated rings. The minimum Gasteiger partial charge on any atom is -0.348 e. The number of carbonyl (C=O) groups is 1. The van der Waals surface area contributed by atoms with Gasteiger partial charge in [-0.1, -0.05) is 0 Å². The number of aryl methyl sites for hydroxylation is 1. The zero-order valence-corrected chi connectivity index (χ0v) is 14.7. The molecular formula is C17H23F2N5O. The third kappa shape index (κ3) is 3.72. The number of halogens is 2. The van der Waals surface area contributed by atoms with Crippen LogP contribution in [0.2, 0.25) is 0 Å². The largest absolute Gasteiger partial charge is 0.348 e. The van der Waals surface area contributed by atoms with Crippen molar-refractivity contribution in [3.05, 3.63) is 34.9 Å². The molecule has 1 atom stereocenters. The van der Waals surface area contributed by atoms with Crippen LogP contribution in [0.25, 0.3) is 0 Å². The molecule has 1 amide bonds. The number of rotatable bonds is 7. The lowest BCUT2D eigenvalue weighted by Gasteiger charge is -2.15. The first-order valence-electron chi connectivity index (χ1n) is 8.58. The fraction of sp³-hybridized carbons (Fsp3) is 0.588. The molecule has 0 aliphatic heterocycles. The Labute approximate surface area is 145 Å². The second-order valence-electron chi connectivity index (χ2n) is 6.52.